The van der Waals surface area contributed by atoms with E-state index in [0.717, 1.165) is 48.6 Å². The molecule has 3 aromatic carbocycles. The van der Waals surface area contributed by atoms with Crippen LogP contribution in [0.15, 0.2) is 84.9 Å². The molecule has 1 aromatic heterocycles. The number of amides is 1. The number of carboxylic acid groups (broad SMARTS) is 1. The molecule has 0 atom stereocenters. The van der Waals surface area contributed by atoms with Crippen LogP contribution < -0.4 is 15.5 Å². The van der Waals surface area contributed by atoms with Crippen molar-refractivity contribution in [3.8, 4) is 24.2 Å². The number of carbonyl (C=O) groups excluding carboxylic acids is 1. The number of benzene rings is 3. The van der Waals surface area contributed by atoms with E-state index in [0.29, 0.717) is 23.2 Å². The van der Waals surface area contributed by atoms with Crippen LogP contribution in [0, 0.1) is 12.8 Å². The minimum atomic E-state index is -0.773. The number of nitrogens with two attached hydrogens (primary N) is 1. The van der Waals surface area contributed by atoms with E-state index >= 15 is 0 Å². The number of aromatic nitrogens is 2. The fraction of sp³-hybridized carbons (Fsp3) is 0.257. The van der Waals surface area contributed by atoms with Crippen LogP contribution in [0.25, 0.3) is 11.4 Å². The predicted octanol–water partition coefficient (Wildman–Crippen LogP) is 6.30. The van der Waals surface area contributed by atoms with Gasteiger partial charge in [0.1, 0.15) is 11.5 Å². The molecule has 9 heteroatoms. The van der Waals surface area contributed by atoms with Gasteiger partial charge in [-0.3, -0.25) is 9.59 Å². The second kappa shape index (κ2) is 16.7. The lowest BCUT2D eigenvalue weighted by Crippen LogP contribution is -2.34. The van der Waals surface area contributed by atoms with Crippen molar-refractivity contribution in [1.82, 2.24) is 9.97 Å². The predicted molar refractivity (Wildman–Crippen MR) is 178 cm³/mol. The van der Waals surface area contributed by atoms with Crippen LogP contribution in [0.2, 0.25) is 5.02 Å². The highest BCUT2D eigenvalue weighted by Gasteiger charge is 2.23. The number of carboxylic acids is 1. The van der Waals surface area contributed by atoms with Gasteiger partial charge in [-0.2, -0.15) is 0 Å². The Balaban J connectivity index is 0.000000317. The summed E-state index contributed by atoms with van der Waals surface area (Å²) in [4.78, 5) is 35.6. The summed E-state index contributed by atoms with van der Waals surface area (Å²) in [5.41, 5.74) is 10.2. The third kappa shape index (κ3) is 9.85. The minimum absolute atomic E-state index is 0.168. The molecule has 5 rings (SSSR count). The van der Waals surface area contributed by atoms with E-state index in [1.165, 1.54) is 5.56 Å². The lowest BCUT2D eigenvalue weighted by Gasteiger charge is -2.33. The van der Waals surface area contributed by atoms with Crippen LogP contribution in [0.4, 0.5) is 11.5 Å². The highest BCUT2D eigenvalue weighted by Crippen LogP contribution is 2.31. The standard InChI is InChI=1S/C24H27N5O.C9H9ClO2.C2H2/c1-28(2)20-10-8-19(9-11-20)24-26-21(23(25)30)16-22(27-24)29-14-12-18(13-15-29)17-6-4-3-5-7-17;10-8-4-1-7(2-5-8)3-6-9(11)12;1-2/h3-11,16,18H,12-15H2,1-2H3,(H2,25,30);1-2,4-5H,3,6H2,(H,11,12);1-2H. The fourth-order valence-electron chi connectivity index (χ4n) is 4.83. The number of terminal acetylenes is 1. The Labute approximate surface area is 264 Å². The molecule has 1 amide bonds. The third-order valence-corrected chi connectivity index (χ3v) is 7.49. The van der Waals surface area contributed by atoms with Crippen molar-refractivity contribution in [2.75, 3.05) is 37.0 Å². The van der Waals surface area contributed by atoms with Gasteiger partial charge in [-0.1, -0.05) is 54.1 Å². The number of anilines is 2. The Bertz CT molecular complexity index is 1520. The van der Waals surface area contributed by atoms with Gasteiger partial charge < -0.3 is 20.6 Å². The largest absolute Gasteiger partial charge is 0.481 e. The summed E-state index contributed by atoms with van der Waals surface area (Å²) in [5, 5.41) is 9.08. The summed E-state index contributed by atoms with van der Waals surface area (Å²) in [6, 6.07) is 27.5. The zero-order chi connectivity index (χ0) is 32.1. The fourth-order valence-corrected chi connectivity index (χ4v) is 4.96. The van der Waals surface area contributed by atoms with Crippen LogP contribution in [0.5, 0.6) is 0 Å². The maximum Gasteiger partial charge on any atom is 0.303 e. The second-order valence-electron chi connectivity index (χ2n) is 10.4. The Morgan fingerprint density at radius 1 is 0.955 bits per heavy atom. The number of hydrogen-bond acceptors (Lipinski definition) is 6. The average Bonchev–Trinajstić information content (AvgIpc) is 3.06. The van der Waals surface area contributed by atoms with E-state index < -0.39 is 11.9 Å². The first-order chi connectivity index (χ1) is 21.2. The topological polar surface area (TPSA) is 113 Å². The number of rotatable bonds is 8. The smallest absolute Gasteiger partial charge is 0.303 e. The number of nitrogens with zero attached hydrogens (tertiary/aromatic N) is 4. The van der Waals surface area contributed by atoms with Gasteiger partial charge in [0.15, 0.2) is 5.82 Å². The van der Waals surface area contributed by atoms with Gasteiger partial charge in [-0.25, -0.2) is 9.97 Å². The summed E-state index contributed by atoms with van der Waals surface area (Å²) in [6.07, 6.45) is 10.8. The van der Waals surface area contributed by atoms with Crippen LogP contribution in [0.3, 0.4) is 0 Å². The number of carbonyl (C=O) groups is 2. The van der Waals surface area contributed by atoms with Gasteiger partial charge in [-0.15, -0.1) is 12.8 Å². The molecule has 44 heavy (non-hydrogen) atoms. The highest BCUT2D eigenvalue weighted by molar-refractivity contribution is 6.30. The molecule has 3 N–H and O–H groups in total. The third-order valence-electron chi connectivity index (χ3n) is 7.24. The normalized spacial score (nSPS) is 12.6. The van der Waals surface area contributed by atoms with Gasteiger partial charge in [0.2, 0.25) is 0 Å². The number of piperidine rings is 1. The Morgan fingerprint density at radius 3 is 2.11 bits per heavy atom. The van der Waals surface area contributed by atoms with E-state index in [-0.39, 0.29) is 12.1 Å². The zero-order valence-electron chi connectivity index (χ0n) is 25.1. The van der Waals surface area contributed by atoms with E-state index in [1.54, 1.807) is 18.2 Å². The van der Waals surface area contributed by atoms with E-state index in [2.05, 4.69) is 53.1 Å². The summed E-state index contributed by atoms with van der Waals surface area (Å²) in [7, 11) is 3.99. The quantitative estimate of drug-likeness (QED) is 0.225. The molecule has 0 saturated carbocycles. The number of hydrogen-bond donors (Lipinski definition) is 2. The second-order valence-corrected chi connectivity index (χ2v) is 10.9. The summed E-state index contributed by atoms with van der Waals surface area (Å²) in [6.45, 7) is 1.77. The Morgan fingerprint density at radius 2 is 1.57 bits per heavy atom. The van der Waals surface area contributed by atoms with Crippen molar-refractivity contribution in [2.24, 2.45) is 5.73 Å². The van der Waals surface area contributed by atoms with E-state index in [9.17, 15) is 9.59 Å². The molecule has 1 fully saturated rings. The van der Waals surface area contributed by atoms with Crippen molar-refractivity contribution in [3.05, 3.63) is 107 Å². The monoisotopic (exact) mass is 611 g/mol. The molecule has 0 unspecified atom stereocenters. The number of aryl methyl sites for hydroxylation is 1. The zero-order valence-corrected chi connectivity index (χ0v) is 25.8. The molecule has 1 saturated heterocycles. The lowest BCUT2D eigenvalue weighted by atomic mass is 9.89. The van der Waals surface area contributed by atoms with Crippen LogP contribution in [0.1, 0.15) is 46.8 Å². The molecule has 1 aliphatic rings. The van der Waals surface area contributed by atoms with Crippen molar-refractivity contribution < 1.29 is 14.7 Å². The van der Waals surface area contributed by atoms with E-state index in [1.807, 2.05) is 55.4 Å². The van der Waals surface area contributed by atoms with Crippen molar-refractivity contribution >= 4 is 35.0 Å². The Hall–Kier alpha value is -4.87. The number of primary amides is 1. The van der Waals surface area contributed by atoms with Crippen LogP contribution >= 0.6 is 11.6 Å². The van der Waals surface area contributed by atoms with Crippen molar-refractivity contribution in [3.63, 3.8) is 0 Å². The van der Waals surface area contributed by atoms with Crippen LogP contribution in [-0.4, -0.2) is 54.1 Å². The molecule has 228 valence electrons. The van der Waals surface area contributed by atoms with Crippen molar-refractivity contribution in [1.29, 1.82) is 0 Å². The molecule has 0 radical (unpaired) electrons. The molecular weight excluding hydrogens is 574 g/mol. The maximum absolute atomic E-state index is 11.9. The SMILES string of the molecule is C#C.CN(C)c1ccc(-c2nc(C(N)=O)cc(N3CCC(c4ccccc4)CC3)n2)cc1.O=C(O)CCc1ccc(Cl)cc1. The molecule has 0 bridgehead atoms. The minimum Gasteiger partial charge on any atom is -0.481 e. The first-order valence-corrected chi connectivity index (χ1v) is 14.6. The first kappa shape index (κ1) is 33.6. The van der Waals surface area contributed by atoms with Gasteiger partial charge >= 0.3 is 5.97 Å². The van der Waals surface area contributed by atoms with Gasteiger partial charge in [0, 0.05) is 55.9 Å². The van der Waals surface area contributed by atoms with Crippen molar-refractivity contribution in [2.45, 2.75) is 31.6 Å². The van der Waals surface area contributed by atoms with Gasteiger partial charge in [-0.05, 0) is 72.7 Å². The Kier molecular flexibility index (Phi) is 12.8. The molecule has 0 spiro atoms. The first-order valence-electron chi connectivity index (χ1n) is 14.3. The molecular formula is C35H38ClN5O3. The maximum atomic E-state index is 11.9. The molecule has 2 heterocycles. The summed E-state index contributed by atoms with van der Waals surface area (Å²) >= 11 is 5.66. The molecule has 1 aliphatic heterocycles. The summed E-state index contributed by atoms with van der Waals surface area (Å²) in [5.74, 6) is 0.528. The number of aliphatic carboxylic acids is 1. The van der Waals surface area contributed by atoms with Gasteiger partial charge in [0.05, 0.1) is 0 Å². The lowest BCUT2D eigenvalue weighted by molar-refractivity contribution is -0.136. The molecule has 0 aliphatic carbocycles. The average molecular weight is 612 g/mol. The number of halogens is 1. The highest BCUT2D eigenvalue weighted by atomic mass is 35.5. The summed E-state index contributed by atoms with van der Waals surface area (Å²) < 4.78 is 0. The van der Waals surface area contributed by atoms with E-state index in [4.69, 9.17) is 27.4 Å². The van der Waals surface area contributed by atoms with Crippen LogP contribution in [-0.2, 0) is 11.2 Å². The molecule has 8 nitrogen and oxygen atoms in total. The van der Waals surface area contributed by atoms with Gasteiger partial charge in [0.25, 0.3) is 5.91 Å². The molecule has 4 aromatic rings.